The van der Waals surface area contributed by atoms with E-state index in [0.29, 0.717) is 0 Å². The molecule has 0 spiro atoms. The second kappa shape index (κ2) is 4.24. The first kappa shape index (κ1) is 10.0. The van der Waals surface area contributed by atoms with Crippen molar-refractivity contribution in [3.05, 3.63) is 0 Å². The van der Waals surface area contributed by atoms with E-state index in [1.807, 2.05) is 7.05 Å². The van der Waals surface area contributed by atoms with E-state index in [1.54, 1.807) is 0 Å². The van der Waals surface area contributed by atoms with Crippen LogP contribution in [0.1, 0.15) is 33.1 Å². The highest BCUT2D eigenvalue weighted by Crippen LogP contribution is 2.25. The van der Waals surface area contributed by atoms with Crippen molar-refractivity contribution in [3.63, 3.8) is 0 Å². The zero-order valence-electron chi connectivity index (χ0n) is 8.61. The average Bonchev–Trinajstić information content (AvgIpc) is 1.82. The molecule has 0 amide bonds. The number of likely N-dealkylation sites (N-methyl/N-ethyl adjacent to an activating group) is 1. The van der Waals surface area contributed by atoms with Gasteiger partial charge >= 0.3 is 0 Å². The van der Waals surface area contributed by atoms with Gasteiger partial charge in [0.25, 0.3) is 0 Å². The quantitative estimate of drug-likeness (QED) is 0.651. The standard InChI is InChI=1S/C10H22N2/c1-10(2,8-11-3)12-7-9-5-4-6-9/h9,11-12H,4-8H2,1-3H3. The molecule has 1 rings (SSSR count). The van der Waals surface area contributed by atoms with Crippen molar-refractivity contribution < 1.29 is 0 Å². The van der Waals surface area contributed by atoms with Crippen LogP contribution < -0.4 is 10.6 Å². The third kappa shape index (κ3) is 3.11. The molecule has 0 radical (unpaired) electrons. The Labute approximate surface area is 76.1 Å². The van der Waals surface area contributed by atoms with Gasteiger partial charge < -0.3 is 10.6 Å². The summed E-state index contributed by atoms with van der Waals surface area (Å²) in [6, 6.07) is 0. The van der Waals surface area contributed by atoms with E-state index >= 15 is 0 Å². The molecule has 0 aromatic heterocycles. The molecular weight excluding hydrogens is 148 g/mol. The number of hydrogen-bond acceptors (Lipinski definition) is 2. The zero-order valence-corrected chi connectivity index (χ0v) is 8.61. The van der Waals surface area contributed by atoms with Crippen LogP contribution in [0.25, 0.3) is 0 Å². The van der Waals surface area contributed by atoms with E-state index in [9.17, 15) is 0 Å². The Balaban J connectivity index is 2.10. The molecule has 72 valence electrons. The first-order valence-electron chi connectivity index (χ1n) is 5.04. The Morgan fingerprint density at radius 2 is 2.00 bits per heavy atom. The zero-order chi connectivity index (χ0) is 9.03. The van der Waals surface area contributed by atoms with Gasteiger partial charge in [-0.2, -0.15) is 0 Å². The molecule has 2 heteroatoms. The fourth-order valence-corrected chi connectivity index (χ4v) is 1.62. The molecule has 0 saturated heterocycles. The Hall–Kier alpha value is -0.0800. The summed E-state index contributed by atoms with van der Waals surface area (Å²) in [5.74, 6) is 0.959. The molecule has 0 aliphatic heterocycles. The molecule has 1 aliphatic rings. The van der Waals surface area contributed by atoms with Gasteiger partial charge in [-0.15, -0.1) is 0 Å². The normalized spacial score (nSPS) is 19.2. The summed E-state index contributed by atoms with van der Waals surface area (Å²) >= 11 is 0. The molecule has 1 saturated carbocycles. The summed E-state index contributed by atoms with van der Waals surface area (Å²) < 4.78 is 0. The molecule has 0 bridgehead atoms. The van der Waals surface area contributed by atoms with Gasteiger partial charge in [0.05, 0.1) is 0 Å². The molecule has 0 heterocycles. The van der Waals surface area contributed by atoms with Crippen molar-refractivity contribution in [2.24, 2.45) is 5.92 Å². The summed E-state index contributed by atoms with van der Waals surface area (Å²) in [7, 11) is 2.01. The maximum Gasteiger partial charge on any atom is 0.0249 e. The average molecular weight is 170 g/mol. The number of hydrogen-bond donors (Lipinski definition) is 2. The number of nitrogens with one attached hydrogen (secondary N) is 2. The third-order valence-electron chi connectivity index (χ3n) is 2.71. The molecule has 1 fully saturated rings. The lowest BCUT2D eigenvalue weighted by Gasteiger charge is -2.32. The minimum Gasteiger partial charge on any atom is -0.318 e. The monoisotopic (exact) mass is 170 g/mol. The van der Waals surface area contributed by atoms with Crippen LogP contribution in [-0.4, -0.2) is 25.7 Å². The molecule has 12 heavy (non-hydrogen) atoms. The summed E-state index contributed by atoms with van der Waals surface area (Å²) in [6.45, 7) is 6.75. The summed E-state index contributed by atoms with van der Waals surface area (Å²) in [5, 5.41) is 6.80. The predicted octanol–water partition coefficient (Wildman–Crippen LogP) is 1.37. The third-order valence-corrected chi connectivity index (χ3v) is 2.71. The Bertz CT molecular complexity index is 128. The van der Waals surface area contributed by atoms with Crippen LogP contribution in [0.3, 0.4) is 0 Å². The van der Waals surface area contributed by atoms with E-state index in [1.165, 1.54) is 25.8 Å². The lowest BCUT2D eigenvalue weighted by molar-refractivity contribution is 0.260. The molecular formula is C10H22N2. The first-order chi connectivity index (χ1) is 5.64. The van der Waals surface area contributed by atoms with Crippen molar-refractivity contribution in [1.82, 2.24) is 10.6 Å². The second-order valence-electron chi connectivity index (χ2n) is 4.59. The minimum atomic E-state index is 0.254. The molecule has 2 N–H and O–H groups in total. The highest BCUT2D eigenvalue weighted by atomic mass is 15.0. The van der Waals surface area contributed by atoms with Crippen LogP contribution in [0.15, 0.2) is 0 Å². The minimum absolute atomic E-state index is 0.254. The van der Waals surface area contributed by atoms with E-state index in [4.69, 9.17) is 0 Å². The van der Waals surface area contributed by atoms with E-state index in [-0.39, 0.29) is 5.54 Å². The summed E-state index contributed by atoms with van der Waals surface area (Å²) in [5.41, 5.74) is 0.254. The van der Waals surface area contributed by atoms with Crippen molar-refractivity contribution in [3.8, 4) is 0 Å². The van der Waals surface area contributed by atoms with Gasteiger partial charge in [0.2, 0.25) is 0 Å². The Morgan fingerprint density at radius 3 is 2.42 bits per heavy atom. The lowest BCUT2D eigenvalue weighted by atomic mass is 9.85. The van der Waals surface area contributed by atoms with Gasteiger partial charge in [0, 0.05) is 12.1 Å². The lowest BCUT2D eigenvalue weighted by Crippen LogP contribution is -2.49. The highest BCUT2D eigenvalue weighted by Gasteiger charge is 2.21. The Morgan fingerprint density at radius 1 is 1.33 bits per heavy atom. The molecule has 0 aromatic rings. The SMILES string of the molecule is CNCC(C)(C)NCC1CCC1. The van der Waals surface area contributed by atoms with Gasteiger partial charge in [0.15, 0.2) is 0 Å². The topological polar surface area (TPSA) is 24.1 Å². The largest absolute Gasteiger partial charge is 0.318 e. The smallest absolute Gasteiger partial charge is 0.0249 e. The predicted molar refractivity (Wildman–Crippen MR) is 53.3 cm³/mol. The Kier molecular flexibility index (Phi) is 3.53. The van der Waals surface area contributed by atoms with Crippen LogP contribution in [0.2, 0.25) is 0 Å². The fourth-order valence-electron chi connectivity index (χ4n) is 1.62. The van der Waals surface area contributed by atoms with Gasteiger partial charge in [-0.05, 0) is 46.2 Å². The molecule has 0 atom stereocenters. The van der Waals surface area contributed by atoms with Crippen molar-refractivity contribution in [1.29, 1.82) is 0 Å². The van der Waals surface area contributed by atoms with E-state index in [0.717, 1.165) is 12.5 Å². The van der Waals surface area contributed by atoms with Gasteiger partial charge in [0.1, 0.15) is 0 Å². The van der Waals surface area contributed by atoms with E-state index < -0.39 is 0 Å². The van der Waals surface area contributed by atoms with Crippen LogP contribution in [0.5, 0.6) is 0 Å². The molecule has 0 unspecified atom stereocenters. The number of rotatable bonds is 5. The van der Waals surface area contributed by atoms with E-state index in [2.05, 4.69) is 24.5 Å². The van der Waals surface area contributed by atoms with Gasteiger partial charge in [-0.1, -0.05) is 6.42 Å². The van der Waals surface area contributed by atoms with Crippen molar-refractivity contribution >= 4 is 0 Å². The van der Waals surface area contributed by atoms with Crippen LogP contribution in [0.4, 0.5) is 0 Å². The first-order valence-corrected chi connectivity index (χ1v) is 5.04. The molecule has 2 nitrogen and oxygen atoms in total. The van der Waals surface area contributed by atoms with Crippen LogP contribution in [0, 0.1) is 5.92 Å². The molecule has 1 aliphatic carbocycles. The maximum absolute atomic E-state index is 3.60. The summed E-state index contributed by atoms with van der Waals surface area (Å²) in [4.78, 5) is 0. The van der Waals surface area contributed by atoms with Crippen LogP contribution >= 0.6 is 0 Å². The van der Waals surface area contributed by atoms with Crippen molar-refractivity contribution in [2.45, 2.75) is 38.6 Å². The fraction of sp³-hybridized carbons (Fsp3) is 1.00. The second-order valence-corrected chi connectivity index (χ2v) is 4.59. The molecule has 0 aromatic carbocycles. The highest BCUT2D eigenvalue weighted by molar-refractivity contribution is 4.82. The van der Waals surface area contributed by atoms with Gasteiger partial charge in [-0.25, -0.2) is 0 Å². The van der Waals surface area contributed by atoms with Crippen LogP contribution in [-0.2, 0) is 0 Å². The summed E-state index contributed by atoms with van der Waals surface area (Å²) in [6.07, 6.45) is 4.31. The maximum atomic E-state index is 3.60. The van der Waals surface area contributed by atoms with Gasteiger partial charge in [-0.3, -0.25) is 0 Å². The van der Waals surface area contributed by atoms with Crippen molar-refractivity contribution in [2.75, 3.05) is 20.1 Å².